The Balaban J connectivity index is 2.92. The zero-order valence-electron chi connectivity index (χ0n) is 14.6. The van der Waals surface area contributed by atoms with Crippen LogP contribution in [0.4, 0.5) is 0 Å². The molecular weight excluding hydrogens is 264 g/mol. The number of hydrogen-bond acceptors (Lipinski definition) is 2. The molecule has 0 radical (unpaired) electrons. The van der Waals surface area contributed by atoms with Gasteiger partial charge in [0.15, 0.2) is 8.32 Å². The first-order valence-corrected chi connectivity index (χ1v) is 10.6. The summed E-state index contributed by atoms with van der Waals surface area (Å²) in [6, 6.07) is 0. The van der Waals surface area contributed by atoms with Gasteiger partial charge in [0.2, 0.25) is 0 Å². The molecule has 1 aliphatic carbocycles. The summed E-state index contributed by atoms with van der Waals surface area (Å²) in [4.78, 5) is 10.9. The fraction of sp³-hybridized carbons (Fsp3) is 0.824. The third-order valence-electron chi connectivity index (χ3n) is 5.16. The van der Waals surface area contributed by atoms with E-state index in [0.717, 1.165) is 19.1 Å². The van der Waals surface area contributed by atoms with Gasteiger partial charge in [-0.15, -0.1) is 0 Å². The lowest BCUT2D eigenvalue weighted by atomic mass is 9.71. The molecule has 0 saturated carbocycles. The predicted octanol–water partition coefficient (Wildman–Crippen LogP) is 5.10. The highest BCUT2D eigenvalue weighted by atomic mass is 28.4. The molecule has 1 atom stereocenters. The lowest BCUT2D eigenvalue weighted by molar-refractivity contribution is -0.107. The number of hydrogen-bond donors (Lipinski definition) is 0. The van der Waals surface area contributed by atoms with Crippen molar-refractivity contribution < 1.29 is 9.22 Å². The summed E-state index contributed by atoms with van der Waals surface area (Å²) in [7, 11) is -1.72. The number of carbonyl (C=O) groups excluding carboxylic acids is 1. The van der Waals surface area contributed by atoms with Crippen molar-refractivity contribution in [3.05, 3.63) is 11.1 Å². The molecular formula is C17H32O2Si. The van der Waals surface area contributed by atoms with Crippen LogP contribution in [-0.2, 0) is 9.22 Å². The Morgan fingerprint density at radius 3 is 2.30 bits per heavy atom. The lowest BCUT2D eigenvalue weighted by Crippen LogP contribution is -2.46. The number of carbonyl (C=O) groups is 1. The Morgan fingerprint density at radius 2 is 1.90 bits per heavy atom. The van der Waals surface area contributed by atoms with Crippen LogP contribution in [0.15, 0.2) is 11.1 Å². The minimum atomic E-state index is -1.72. The quantitative estimate of drug-likeness (QED) is 0.410. The second kappa shape index (κ2) is 5.76. The molecule has 0 aliphatic heterocycles. The standard InChI is InChI=1S/C17H32O2Si/c1-13-11-14(19-20(7,8)16(2,3)4)12-17(5,6)15(13)9-10-18/h10,14H,9,11-12H2,1-8H3/t14-/m1/s1. The van der Waals surface area contributed by atoms with Crippen molar-refractivity contribution >= 4 is 14.6 Å². The molecule has 0 aromatic heterocycles. The van der Waals surface area contributed by atoms with Crippen LogP contribution in [0, 0.1) is 5.41 Å². The zero-order chi connectivity index (χ0) is 15.8. The molecule has 0 unspecified atom stereocenters. The summed E-state index contributed by atoms with van der Waals surface area (Å²) in [5.74, 6) is 0. The van der Waals surface area contributed by atoms with E-state index in [1.807, 2.05) is 0 Å². The monoisotopic (exact) mass is 296 g/mol. The first-order valence-electron chi connectivity index (χ1n) is 7.71. The molecule has 0 fully saturated rings. The minimum absolute atomic E-state index is 0.0796. The van der Waals surface area contributed by atoms with Crippen molar-refractivity contribution in [3.8, 4) is 0 Å². The average molecular weight is 297 g/mol. The molecule has 116 valence electrons. The van der Waals surface area contributed by atoms with Crippen molar-refractivity contribution in [2.75, 3.05) is 0 Å². The van der Waals surface area contributed by atoms with Crippen LogP contribution in [0.5, 0.6) is 0 Å². The molecule has 0 aromatic rings. The van der Waals surface area contributed by atoms with E-state index >= 15 is 0 Å². The highest BCUT2D eigenvalue weighted by molar-refractivity contribution is 6.74. The van der Waals surface area contributed by atoms with Gasteiger partial charge in [0, 0.05) is 12.5 Å². The van der Waals surface area contributed by atoms with E-state index in [0.29, 0.717) is 12.5 Å². The highest BCUT2D eigenvalue weighted by Crippen LogP contribution is 2.45. The highest BCUT2D eigenvalue weighted by Gasteiger charge is 2.42. The molecule has 1 aliphatic rings. The number of rotatable bonds is 4. The maximum Gasteiger partial charge on any atom is 0.192 e. The molecule has 20 heavy (non-hydrogen) atoms. The zero-order valence-corrected chi connectivity index (χ0v) is 15.6. The second-order valence-corrected chi connectivity index (χ2v) is 13.2. The smallest absolute Gasteiger partial charge is 0.192 e. The van der Waals surface area contributed by atoms with Crippen molar-refractivity contribution in [2.24, 2.45) is 5.41 Å². The van der Waals surface area contributed by atoms with Gasteiger partial charge in [0.25, 0.3) is 0 Å². The fourth-order valence-corrected chi connectivity index (χ4v) is 4.37. The third-order valence-corrected chi connectivity index (χ3v) is 9.69. The van der Waals surface area contributed by atoms with Crippen LogP contribution in [0.3, 0.4) is 0 Å². The first kappa shape index (κ1) is 17.6. The van der Waals surface area contributed by atoms with Gasteiger partial charge in [0.1, 0.15) is 6.29 Å². The molecule has 2 nitrogen and oxygen atoms in total. The molecule has 0 spiro atoms. The van der Waals surface area contributed by atoms with Gasteiger partial charge >= 0.3 is 0 Å². The van der Waals surface area contributed by atoms with E-state index in [1.165, 1.54) is 11.1 Å². The van der Waals surface area contributed by atoms with E-state index in [4.69, 9.17) is 4.43 Å². The topological polar surface area (TPSA) is 26.3 Å². The van der Waals surface area contributed by atoms with Gasteiger partial charge in [-0.05, 0) is 43.3 Å². The average Bonchev–Trinajstić information content (AvgIpc) is 2.20. The summed E-state index contributed by atoms with van der Waals surface area (Å²) < 4.78 is 6.59. The molecule has 0 heterocycles. The predicted molar refractivity (Wildman–Crippen MR) is 88.5 cm³/mol. The van der Waals surface area contributed by atoms with Gasteiger partial charge in [0.05, 0.1) is 0 Å². The lowest BCUT2D eigenvalue weighted by Gasteiger charge is -2.44. The normalized spacial score (nSPS) is 23.9. The van der Waals surface area contributed by atoms with Gasteiger partial charge < -0.3 is 9.22 Å². The second-order valence-electron chi connectivity index (χ2n) is 8.42. The van der Waals surface area contributed by atoms with E-state index in [1.54, 1.807) is 0 Å². The molecule has 0 N–H and O–H groups in total. The maximum absolute atomic E-state index is 10.9. The molecule has 0 aromatic carbocycles. The van der Waals surface area contributed by atoms with Crippen LogP contribution in [0.25, 0.3) is 0 Å². The molecule has 0 amide bonds. The Morgan fingerprint density at radius 1 is 1.35 bits per heavy atom. The third kappa shape index (κ3) is 3.82. The van der Waals surface area contributed by atoms with E-state index in [9.17, 15) is 4.79 Å². The van der Waals surface area contributed by atoms with E-state index in [2.05, 4.69) is 54.6 Å². The van der Waals surface area contributed by atoms with Crippen molar-refractivity contribution in [3.63, 3.8) is 0 Å². The van der Waals surface area contributed by atoms with Crippen molar-refractivity contribution in [1.82, 2.24) is 0 Å². The molecule has 1 rings (SSSR count). The van der Waals surface area contributed by atoms with Gasteiger partial charge in [-0.1, -0.05) is 45.8 Å². The maximum atomic E-state index is 10.9. The molecule has 0 saturated heterocycles. The van der Waals surface area contributed by atoms with E-state index in [-0.39, 0.29) is 10.5 Å². The Bertz CT molecular complexity index is 400. The van der Waals surface area contributed by atoms with Gasteiger partial charge in [-0.2, -0.15) is 0 Å². The van der Waals surface area contributed by atoms with Crippen molar-refractivity contribution in [1.29, 1.82) is 0 Å². The fourth-order valence-electron chi connectivity index (χ4n) is 3.02. The van der Waals surface area contributed by atoms with Crippen LogP contribution in [-0.4, -0.2) is 20.7 Å². The van der Waals surface area contributed by atoms with Gasteiger partial charge in [-0.25, -0.2) is 0 Å². The number of allylic oxidation sites excluding steroid dienone is 1. The molecule has 3 heteroatoms. The van der Waals surface area contributed by atoms with Crippen molar-refractivity contribution in [2.45, 2.75) is 85.0 Å². The molecule has 0 bridgehead atoms. The van der Waals surface area contributed by atoms with Crippen LogP contribution < -0.4 is 0 Å². The largest absolute Gasteiger partial charge is 0.414 e. The summed E-state index contributed by atoms with van der Waals surface area (Å²) in [6.07, 6.45) is 3.93. The van der Waals surface area contributed by atoms with Crippen LogP contribution in [0.2, 0.25) is 18.1 Å². The minimum Gasteiger partial charge on any atom is -0.414 e. The first-order chi connectivity index (χ1) is 8.90. The van der Waals surface area contributed by atoms with Gasteiger partial charge in [-0.3, -0.25) is 0 Å². The Hall–Kier alpha value is -0.413. The summed E-state index contributed by atoms with van der Waals surface area (Å²) in [5, 5.41) is 0.248. The Kier molecular flexibility index (Phi) is 5.08. The summed E-state index contributed by atoms with van der Waals surface area (Å²) in [5.41, 5.74) is 2.76. The summed E-state index contributed by atoms with van der Waals surface area (Å²) >= 11 is 0. The Labute approximate surface area is 126 Å². The van der Waals surface area contributed by atoms with E-state index < -0.39 is 8.32 Å². The SMILES string of the molecule is CC1=C(CC=O)C(C)(C)C[C@H](O[Si](C)(C)C(C)(C)C)C1. The summed E-state index contributed by atoms with van der Waals surface area (Å²) in [6.45, 7) is 18.2. The van der Waals surface area contributed by atoms with Crippen LogP contribution in [0.1, 0.15) is 60.8 Å². The number of aldehydes is 1. The van der Waals surface area contributed by atoms with Crippen LogP contribution >= 0.6 is 0 Å².